The normalized spacial score (nSPS) is 11.1. The minimum Gasteiger partial charge on any atom is -0.349 e. The molecular formula is C18H17ClN2O. The Morgan fingerprint density at radius 1 is 1.14 bits per heavy atom. The van der Waals surface area contributed by atoms with Gasteiger partial charge in [-0.15, -0.1) is 0 Å². The van der Waals surface area contributed by atoms with Gasteiger partial charge in [0.15, 0.2) is 0 Å². The third-order valence-corrected chi connectivity index (χ3v) is 4.00. The molecule has 3 nitrogen and oxygen atoms in total. The summed E-state index contributed by atoms with van der Waals surface area (Å²) in [5.41, 5.74) is 3.30. The summed E-state index contributed by atoms with van der Waals surface area (Å²) >= 11 is 6.12. The number of fused-ring (bicyclic) bond motifs is 1. The van der Waals surface area contributed by atoms with Crippen LogP contribution in [0.25, 0.3) is 10.9 Å². The highest BCUT2D eigenvalue weighted by atomic mass is 35.5. The lowest BCUT2D eigenvalue weighted by molar-refractivity contribution is 0.102. The van der Waals surface area contributed by atoms with Gasteiger partial charge in [0.1, 0.15) is 5.69 Å². The second-order valence-corrected chi connectivity index (χ2v) is 6.03. The SMILES string of the molecule is CC(C)c1ccc(NC(=O)c2cc3cccc(Cl)c3[nH]2)cc1. The van der Waals surface area contributed by atoms with E-state index in [0.29, 0.717) is 16.6 Å². The Bertz CT molecular complexity index is 819. The van der Waals surface area contributed by atoms with E-state index in [0.717, 1.165) is 16.6 Å². The van der Waals surface area contributed by atoms with Crippen LogP contribution in [-0.4, -0.2) is 10.9 Å². The number of halogens is 1. The maximum Gasteiger partial charge on any atom is 0.272 e. The molecule has 0 spiro atoms. The lowest BCUT2D eigenvalue weighted by Crippen LogP contribution is -2.12. The second kappa shape index (κ2) is 5.85. The first-order valence-electron chi connectivity index (χ1n) is 7.23. The molecule has 0 radical (unpaired) electrons. The number of carbonyl (C=O) groups is 1. The van der Waals surface area contributed by atoms with Gasteiger partial charge >= 0.3 is 0 Å². The number of hydrogen-bond donors (Lipinski definition) is 2. The molecule has 0 aliphatic rings. The predicted octanol–water partition coefficient (Wildman–Crippen LogP) is 5.20. The fourth-order valence-electron chi connectivity index (χ4n) is 2.39. The molecule has 22 heavy (non-hydrogen) atoms. The first kappa shape index (κ1) is 14.7. The Kier molecular flexibility index (Phi) is 3.90. The van der Waals surface area contributed by atoms with Gasteiger partial charge in [0.25, 0.3) is 5.91 Å². The molecular weight excluding hydrogens is 296 g/mol. The molecule has 0 unspecified atom stereocenters. The number of para-hydroxylation sites is 1. The molecule has 0 atom stereocenters. The van der Waals surface area contributed by atoms with Crippen molar-refractivity contribution in [2.75, 3.05) is 5.32 Å². The predicted molar refractivity (Wildman–Crippen MR) is 91.8 cm³/mol. The zero-order chi connectivity index (χ0) is 15.7. The fraction of sp³-hybridized carbons (Fsp3) is 0.167. The number of amides is 1. The molecule has 4 heteroatoms. The van der Waals surface area contributed by atoms with Crippen LogP contribution in [0.5, 0.6) is 0 Å². The van der Waals surface area contributed by atoms with Crippen molar-refractivity contribution in [3.8, 4) is 0 Å². The van der Waals surface area contributed by atoms with Crippen molar-refractivity contribution in [1.29, 1.82) is 0 Å². The van der Waals surface area contributed by atoms with Gasteiger partial charge in [-0.2, -0.15) is 0 Å². The summed E-state index contributed by atoms with van der Waals surface area (Å²) in [6.45, 7) is 4.28. The van der Waals surface area contributed by atoms with E-state index in [9.17, 15) is 4.79 Å². The quantitative estimate of drug-likeness (QED) is 0.686. The Morgan fingerprint density at radius 3 is 2.50 bits per heavy atom. The van der Waals surface area contributed by atoms with Crippen LogP contribution in [0.2, 0.25) is 5.02 Å². The molecule has 2 N–H and O–H groups in total. The highest BCUT2D eigenvalue weighted by molar-refractivity contribution is 6.35. The minimum atomic E-state index is -0.176. The lowest BCUT2D eigenvalue weighted by Gasteiger charge is -2.07. The second-order valence-electron chi connectivity index (χ2n) is 5.62. The van der Waals surface area contributed by atoms with E-state index in [2.05, 4.69) is 24.1 Å². The van der Waals surface area contributed by atoms with Crippen LogP contribution in [0, 0.1) is 0 Å². The molecule has 112 valence electrons. The van der Waals surface area contributed by atoms with Crippen molar-refractivity contribution < 1.29 is 4.79 Å². The van der Waals surface area contributed by atoms with Gasteiger partial charge in [-0.25, -0.2) is 0 Å². The summed E-state index contributed by atoms with van der Waals surface area (Å²) in [4.78, 5) is 15.4. The molecule has 0 bridgehead atoms. The lowest BCUT2D eigenvalue weighted by atomic mass is 10.0. The minimum absolute atomic E-state index is 0.176. The number of aromatic nitrogens is 1. The number of benzene rings is 2. The molecule has 1 heterocycles. The highest BCUT2D eigenvalue weighted by Gasteiger charge is 2.11. The van der Waals surface area contributed by atoms with Crippen molar-refractivity contribution in [2.24, 2.45) is 0 Å². The number of H-pyrrole nitrogens is 1. The van der Waals surface area contributed by atoms with Crippen LogP contribution in [0.4, 0.5) is 5.69 Å². The Labute approximate surface area is 134 Å². The summed E-state index contributed by atoms with van der Waals surface area (Å²) in [5, 5.41) is 4.42. The monoisotopic (exact) mass is 312 g/mol. The van der Waals surface area contributed by atoms with E-state index >= 15 is 0 Å². The molecule has 1 amide bonds. The van der Waals surface area contributed by atoms with Crippen molar-refractivity contribution >= 4 is 34.1 Å². The van der Waals surface area contributed by atoms with Crippen LogP contribution in [0.3, 0.4) is 0 Å². The van der Waals surface area contributed by atoms with Gasteiger partial charge in [0, 0.05) is 11.1 Å². The van der Waals surface area contributed by atoms with E-state index in [1.807, 2.05) is 36.4 Å². The van der Waals surface area contributed by atoms with Crippen LogP contribution in [0.15, 0.2) is 48.5 Å². The first-order valence-corrected chi connectivity index (χ1v) is 7.61. The average molecular weight is 313 g/mol. The molecule has 2 aromatic carbocycles. The summed E-state index contributed by atoms with van der Waals surface area (Å²) in [6.07, 6.45) is 0. The summed E-state index contributed by atoms with van der Waals surface area (Å²) < 4.78 is 0. The van der Waals surface area contributed by atoms with E-state index in [1.54, 1.807) is 12.1 Å². The number of aromatic amines is 1. The van der Waals surface area contributed by atoms with E-state index in [1.165, 1.54) is 5.56 Å². The van der Waals surface area contributed by atoms with Crippen molar-refractivity contribution in [3.63, 3.8) is 0 Å². The van der Waals surface area contributed by atoms with Gasteiger partial charge < -0.3 is 10.3 Å². The number of rotatable bonds is 3. The molecule has 3 rings (SSSR count). The van der Waals surface area contributed by atoms with Gasteiger partial charge in [0.05, 0.1) is 10.5 Å². The highest BCUT2D eigenvalue weighted by Crippen LogP contribution is 2.24. The van der Waals surface area contributed by atoms with Gasteiger partial charge in [-0.1, -0.05) is 49.7 Å². The zero-order valence-electron chi connectivity index (χ0n) is 12.5. The third kappa shape index (κ3) is 2.85. The maximum absolute atomic E-state index is 12.3. The average Bonchev–Trinajstić information content (AvgIpc) is 2.93. The first-order chi connectivity index (χ1) is 10.5. The van der Waals surface area contributed by atoms with Crippen molar-refractivity contribution in [2.45, 2.75) is 19.8 Å². The van der Waals surface area contributed by atoms with E-state index < -0.39 is 0 Å². The zero-order valence-corrected chi connectivity index (χ0v) is 13.2. The largest absolute Gasteiger partial charge is 0.349 e. The summed E-state index contributed by atoms with van der Waals surface area (Å²) in [5.74, 6) is 0.296. The van der Waals surface area contributed by atoms with Gasteiger partial charge in [0.2, 0.25) is 0 Å². The summed E-state index contributed by atoms with van der Waals surface area (Å²) in [7, 11) is 0. The fourth-order valence-corrected chi connectivity index (χ4v) is 2.62. The molecule has 3 aromatic rings. The Balaban J connectivity index is 1.82. The van der Waals surface area contributed by atoms with Crippen molar-refractivity contribution in [3.05, 3.63) is 64.8 Å². The van der Waals surface area contributed by atoms with Gasteiger partial charge in [-0.05, 0) is 35.7 Å². The number of hydrogen-bond acceptors (Lipinski definition) is 1. The standard InChI is InChI=1S/C18H17ClN2O/c1-11(2)12-6-8-14(9-7-12)20-18(22)16-10-13-4-3-5-15(19)17(13)21-16/h3-11,21H,1-2H3,(H,20,22). The van der Waals surface area contributed by atoms with Crippen molar-refractivity contribution in [1.82, 2.24) is 4.98 Å². The molecule has 1 aromatic heterocycles. The molecule has 0 aliphatic heterocycles. The van der Waals surface area contributed by atoms with Crippen LogP contribution < -0.4 is 5.32 Å². The van der Waals surface area contributed by atoms with Crippen LogP contribution in [0.1, 0.15) is 35.8 Å². The number of anilines is 1. The molecule has 0 saturated heterocycles. The summed E-state index contributed by atoms with van der Waals surface area (Å²) in [6, 6.07) is 15.3. The Morgan fingerprint density at radius 2 is 1.86 bits per heavy atom. The van der Waals surface area contributed by atoms with Crippen LogP contribution in [-0.2, 0) is 0 Å². The molecule has 0 saturated carbocycles. The topological polar surface area (TPSA) is 44.9 Å². The van der Waals surface area contributed by atoms with Gasteiger partial charge in [-0.3, -0.25) is 4.79 Å². The number of nitrogens with one attached hydrogen (secondary N) is 2. The number of carbonyl (C=O) groups excluding carboxylic acids is 1. The third-order valence-electron chi connectivity index (χ3n) is 3.69. The van der Waals surface area contributed by atoms with E-state index in [-0.39, 0.29) is 5.91 Å². The Hall–Kier alpha value is -2.26. The van der Waals surface area contributed by atoms with E-state index in [4.69, 9.17) is 11.6 Å². The van der Waals surface area contributed by atoms with Crippen LogP contribution >= 0.6 is 11.6 Å². The molecule has 0 aliphatic carbocycles. The molecule has 0 fully saturated rings. The maximum atomic E-state index is 12.3. The smallest absolute Gasteiger partial charge is 0.272 e.